The van der Waals surface area contributed by atoms with Gasteiger partial charge in [0.25, 0.3) is 0 Å². The molecule has 4 rings (SSSR count). The first-order chi connectivity index (χ1) is 14.6. The summed E-state index contributed by atoms with van der Waals surface area (Å²) in [6, 6.07) is 19.6. The van der Waals surface area contributed by atoms with E-state index in [-0.39, 0.29) is 17.0 Å². The van der Waals surface area contributed by atoms with Crippen molar-refractivity contribution in [3.05, 3.63) is 72.1 Å². The summed E-state index contributed by atoms with van der Waals surface area (Å²) in [4.78, 5) is 0. The SMILES string of the molecule is CCCCn1c2cc(OCC(C)C)ccc2c2cc[n+](Cc3ccccc3)c(C)c21.[Br-]. The maximum absolute atomic E-state index is 6.05. The Balaban J connectivity index is 0.00000272. The van der Waals surface area contributed by atoms with E-state index in [9.17, 15) is 0 Å². The Bertz CT molecular complexity index is 1150. The smallest absolute Gasteiger partial charge is 0.203 e. The number of hydrogen-bond donors (Lipinski definition) is 0. The van der Waals surface area contributed by atoms with Crippen molar-refractivity contribution in [3.63, 3.8) is 0 Å². The Labute approximate surface area is 196 Å². The van der Waals surface area contributed by atoms with E-state index in [1.54, 1.807) is 0 Å². The van der Waals surface area contributed by atoms with Crippen LogP contribution in [0.2, 0.25) is 0 Å². The minimum atomic E-state index is 0. The molecule has 0 amide bonds. The fourth-order valence-electron chi connectivity index (χ4n) is 4.18. The van der Waals surface area contributed by atoms with Crippen LogP contribution in [0.3, 0.4) is 0 Å². The van der Waals surface area contributed by atoms with Crippen molar-refractivity contribution in [2.24, 2.45) is 5.92 Å². The van der Waals surface area contributed by atoms with Crippen LogP contribution in [-0.4, -0.2) is 11.2 Å². The molecule has 0 aliphatic carbocycles. The Morgan fingerprint density at radius 2 is 1.77 bits per heavy atom. The Kier molecular flexibility index (Phi) is 7.77. The second kappa shape index (κ2) is 10.3. The lowest BCUT2D eigenvalue weighted by molar-refractivity contribution is -0.693. The quantitative estimate of drug-likeness (QED) is 0.354. The van der Waals surface area contributed by atoms with Crippen LogP contribution in [0, 0.1) is 12.8 Å². The lowest BCUT2D eigenvalue weighted by atomic mass is 10.1. The van der Waals surface area contributed by atoms with E-state index < -0.39 is 0 Å². The van der Waals surface area contributed by atoms with E-state index in [0.29, 0.717) is 5.92 Å². The maximum Gasteiger partial charge on any atom is 0.203 e. The van der Waals surface area contributed by atoms with Gasteiger partial charge in [-0.05, 0) is 24.5 Å². The molecule has 31 heavy (non-hydrogen) atoms. The summed E-state index contributed by atoms with van der Waals surface area (Å²) < 4.78 is 10.9. The number of fused-ring (bicyclic) bond motifs is 3. The lowest BCUT2D eigenvalue weighted by Crippen LogP contribution is -3.00. The molecule has 4 aromatic rings. The highest BCUT2D eigenvalue weighted by Crippen LogP contribution is 2.33. The van der Waals surface area contributed by atoms with Crippen LogP contribution in [0.15, 0.2) is 60.8 Å². The summed E-state index contributed by atoms with van der Waals surface area (Å²) in [6.07, 6.45) is 4.58. The molecule has 0 aliphatic rings. The molecule has 0 N–H and O–H groups in total. The third-order valence-electron chi connectivity index (χ3n) is 5.78. The van der Waals surface area contributed by atoms with Crippen molar-refractivity contribution in [2.45, 2.75) is 53.6 Å². The zero-order chi connectivity index (χ0) is 21.1. The van der Waals surface area contributed by atoms with Gasteiger partial charge in [0.05, 0.1) is 12.1 Å². The van der Waals surface area contributed by atoms with Gasteiger partial charge in [0.15, 0.2) is 12.7 Å². The number of unbranched alkanes of at least 4 members (excludes halogenated alkanes) is 1. The predicted molar refractivity (Wildman–Crippen MR) is 125 cm³/mol. The first-order valence-corrected chi connectivity index (χ1v) is 11.2. The van der Waals surface area contributed by atoms with E-state index in [0.717, 1.165) is 25.4 Å². The second-order valence-electron chi connectivity index (χ2n) is 8.67. The van der Waals surface area contributed by atoms with Crippen molar-refractivity contribution >= 4 is 21.8 Å². The van der Waals surface area contributed by atoms with Gasteiger partial charge in [-0.1, -0.05) is 57.5 Å². The summed E-state index contributed by atoms with van der Waals surface area (Å²) in [7, 11) is 0. The molecular weight excluding hydrogens is 448 g/mol. The number of nitrogens with zero attached hydrogens (tertiary/aromatic N) is 2. The lowest BCUT2D eigenvalue weighted by Gasteiger charge is -2.11. The van der Waals surface area contributed by atoms with Gasteiger partial charge >= 0.3 is 0 Å². The highest BCUT2D eigenvalue weighted by molar-refractivity contribution is 6.08. The normalized spacial score (nSPS) is 11.3. The fourth-order valence-corrected chi connectivity index (χ4v) is 4.18. The van der Waals surface area contributed by atoms with Crippen LogP contribution >= 0.6 is 0 Å². The molecule has 0 fully saturated rings. The number of benzene rings is 2. The number of hydrogen-bond acceptors (Lipinski definition) is 1. The van der Waals surface area contributed by atoms with Crippen molar-refractivity contribution in [1.82, 2.24) is 4.57 Å². The van der Waals surface area contributed by atoms with Gasteiger partial charge in [-0.2, -0.15) is 4.57 Å². The van der Waals surface area contributed by atoms with Gasteiger partial charge in [-0.15, -0.1) is 0 Å². The largest absolute Gasteiger partial charge is 1.00 e. The molecule has 0 saturated heterocycles. The summed E-state index contributed by atoms with van der Waals surface area (Å²) >= 11 is 0. The maximum atomic E-state index is 6.05. The standard InChI is InChI=1S/C27H33N2O.BrH/c1-5-6-15-29-26-17-23(30-19-20(2)3)12-13-24(26)25-14-16-28(21(4)27(25)29)18-22-10-8-7-9-11-22;/h7-14,16-17,20H,5-6,15,18-19H2,1-4H3;1H/q+1;/p-1. The van der Waals surface area contributed by atoms with Gasteiger partial charge < -0.3 is 26.3 Å². The summed E-state index contributed by atoms with van der Waals surface area (Å²) in [5.41, 5.74) is 5.26. The van der Waals surface area contributed by atoms with Gasteiger partial charge in [0, 0.05) is 41.9 Å². The van der Waals surface area contributed by atoms with Crippen molar-refractivity contribution in [1.29, 1.82) is 0 Å². The Hall–Kier alpha value is -2.33. The van der Waals surface area contributed by atoms with Gasteiger partial charge in [-0.3, -0.25) is 0 Å². The van der Waals surface area contributed by atoms with Crippen LogP contribution in [0.25, 0.3) is 21.8 Å². The molecule has 2 heterocycles. The summed E-state index contributed by atoms with van der Waals surface area (Å²) in [5.74, 6) is 1.48. The second-order valence-corrected chi connectivity index (χ2v) is 8.67. The third-order valence-corrected chi connectivity index (χ3v) is 5.78. The first kappa shape index (κ1) is 23.3. The molecule has 2 aromatic carbocycles. The molecular formula is C27H33BrN2O. The molecule has 4 heteroatoms. The summed E-state index contributed by atoms with van der Waals surface area (Å²) in [5, 5.41) is 2.64. The van der Waals surface area contributed by atoms with Crippen LogP contribution in [0.5, 0.6) is 5.75 Å². The predicted octanol–water partition coefficient (Wildman–Crippen LogP) is 3.28. The van der Waals surface area contributed by atoms with Crippen LogP contribution < -0.4 is 26.3 Å². The van der Waals surface area contributed by atoms with E-state index in [1.807, 2.05) is 0 Å². The number of pyridine rings is 1. The zero-order valence-electron chi connectivity index (χ0n) is 19.1. The van der Waals surface area contributed by atoms with Crippen molar-refractivity contribution in [2.75, 3.05) is 6.61 Å². The number of ether oxygens (including phenoxy) is 1. The molecule has 0 bridgehead atoms. The number of rotatable bonds is 8. The van der Waals surface area contributed by atoms with Gasteiger partial charge in [0.1, 0.15) is 11.3 Å². The monoisotopic (exact) mass is 480 g/mol. The highest BCUT2D eigenvalue weighted by atomic mass is 79.9. The highest BCUT2D eigenvalue weighted by Gasteiger charge is 2.20. The molecule has 164 valence electrons. The van der Waals surface area contributed by atoms with E-state index >= 15 is 0 Å². The minimum absolute atomic E-state index is 0. The Morgan fingerprint density at radius 1 is 1.00 bits per heavy atom. The number of halogens is 1. The first-order valence-electron chi connectivity index (χ1n) is 11.2. The van der Waals surface area contributed by atoms with E-state index in [1.165, 1.54) is 45.9 Å². The van der Waals surface area contributed by atoms with Crippen LogP contribution in [-0.2, 0) is 13.1 Å². The number of aryl methyl sites for hydroxylation is 2. The molecule has 0 spiro atoms. The van der Waals surface area contributed by atoms with E-state index in [4.69, 9.17) is 4.74 Å². The van der Waals surface area contributed by atoms with Crippen LogP contribution in [0.4, 0.5) is 0 Å². The average Bonchev–Trinajstić information content (AvgIpc) is 3.07. The number of aromatic nitrogens is 2. The topological polar surface area (TPSA) is 18.0 Å². The summed E-state index contributed by atoms with van der Waals surface area (Å²) in [6.45, 7) is 11.5. The molecule has 2 aromatic heterocycles. The molecule has 0 atom stereocenters. The minimum Gasteiger partial charge on any atom is -1.00 e. The van der Waals surface area contributed by atoms with Crippen molar-refractivity contribution in [3.8, 4) is 5.75 Å². The van der Waals surface area contributed by atoms with Crippen LogP contribution in [0.1, 0.15) is 44.9 Å². The molecule has 3 nitrogen and oxygen atoms in total. The van der Waals surface area contributed by atoms with E-state index in [2.05, 4.69) is 97.6 Å². The molecule has 0 radical (unpaired) electrons. The van der Waals surface area contributed by atoms with Gasteiger partial charge in [0.2, 0.25) is 5.69 Å². The Morgan fingerprint density at radius 3 is 2.48 bits per heavy atom. The van der Waals surface area contributed by atoms with Crippen molar-refractivity contribution < 1.29 is 26.3 Å². The fraction of sp³-hybridized carbons (Fsp3) is 0.370. The van der Waals surface area contributed by atoms with Gasteiger partial charge in [-0.25, -0.2) is 0 Å². The molecule has 0 aliphatic heterocycles. The zero-order valence-corrected chi connectivity index (χ0v) is 20.7. The molecule has 0 saturated carbocycles. The third kappa shape index (κ3) is 4.95. The average molecular weight is 481 g/mol. The molecule has 0 unspecified atom stereocenters.